The van der Waals surface area contributed by atoms with E-state index in [1.54, 1.807) is 5.56 Å². The topological polar surface area (TPSA) is 19.0 Å². The summed E-state index contributed by atoms with van der Waals surface area (Å²) >= 11 is 0. The quantitative estimate of drug-likeness (QED) is 0.794. The number of nitrogens with zero attached hydrogens (tertiary/aromatic N) is 1. The van der Waals surface area contributed by atoms with Gasteiger partial charge in [0, 0.05) is 16.6 Å². The molecule has 1 fully saturated rings. The standard InChI is InChI=1S/C20H28N2.ClH/c1-3-8-15-9-6-13-22-14-7-11-17-16-10-4-5-12-18(16)21-19(17)20(15,22)2;/h4-5,10,12,15,21H,3,6-9,11,13-14H2,1-2H3;1H/t15?,20-;/m1./s1. The highest BCUT2D eigenvalue weighted by molar-refractivity contribution is 5.85. The highest BCUT2D eigenvalue weighted by Crippen LogP contribution is 2.47. The monoisotopic (exact) mass is 332 g/mol. The SMILES string of the molecule is CCCC1CCCN2CCCc3c([nH]c4ccccc34)[C@@]12C.Cl. The third kappa shape index (κ3) is 2.51. The molecule has 2 aliphatic rings. The maximum absolute atomic E-state index is 3.84. The van der Waals surface area contributed by atoms with Crippen molar-refractivity contribution in [3.05, 3.63) is 35.5 Å². The van der Waals surface area contributed by atoms with Crippen molar-refractivity contribution in [3.8, 4) is 0 Å². The van der Waals surface area contributed by atoms with Gasteiger partial charge in [-0.15, -0.1) is 12.4 Å². The maximum atomic E-state index is 3.84. The number of hydrogen-bond acceptors (Lipinski definition) is 1. The van der Waals surface area contributed by atoms with Crippen LogP contribution in [0.3, 0.4) is 0 Å². The predicted octanol–water partition coefficient (Wildman–Crippen LogP) is 5.26. The average molecular weight is 333 g/mol. The molecular formula is C20H29ClN2. The molecule has 1 aromatic carbocycles. The third-order valence-corrected chi connectivity index (χ3v) is 6.24. The van der Waals surface area contributed by atoms with Crippen molar-refractivity contribution in [3.63, 3.8) is 0 Å². The fourth-order valence-electron chi connectivity index (χ4n) is 5.12. The van der Waals surface area contributed by atoms with Gasteiger partial charge in [-0.1, -0.05) is 31.5 Å². The van der Waals surface area contributed by atoms with Crippen LogP contribution in [-0.4, -0.2) is 23.0 Å². The molecule has 2 atom stereocenters. The molecule has 2 nitrogen and oxygen atoms in total. The molecule has 2 aromatic rings. The van der Waals surface area contributed by atoms with Gasteiger partial charge in [0.1, 0.15) is 0 Å². The zero-order valence-electron chi connectivity index (χ0n) is 14.4. The number of H-pyrrole nitrogens is 1. The molecule has 1 unspecified atom stereocenters. The molecule has 0 bridgehead atoms. The second kappa shape index (κ2) is 6.49. The molecule has 126 valence electrons. The van der Waals surface area contributed by atoms with Gasteiger partial charge in [0.25, 0.3) is 0 Å². The summed E-state index contributed by atoms with van der Waals surface area (Å²) in [5.41, 5.74) is 4.67. The summed E-state index contributed by atoms with van der Waals surface area (Å²) in [6, 6.07) is 8.89. The van der Waals surface area contributed by atoms with Gasteiger partial charge < -0.3 is 4.98 Å². The number of aromatic amines is 1. The lowest BCUT2D eigenvalue weighted by molar-refractivity contribution is -0.000470. The van der Waals surface area contributed by atoms with E-state index in [-0.39, 0.29) is 17.9 Å². The molecule has 0 saturated carbocycles. The number of aryl methyl sites for hydroxylation is 1. The first-order valence-corrected chi connectivity index (χ1v) is 9.10. The molecule has 3 heterocycles. The molecular weight excluding hydrogens is 304 g/mol. The van der Waals surface area contributed by atoms with Crippen molar-refractivity contribution in [2.45, 2.75) is 57.9 Å². The Morgan fingerprint density at radius 1 is 1.22 bits per heavy atom. The van der Waals surface area contributed by atoms with Crippen molar-refractivity contribution >= 4 is 23.3 Å². The molecule has 0 amide bonds. The van der Waals surface area contributed by atoms with E-state index >= 15 is 0 Å². The van der Waals surface area contributed by atoms with E-state index in [2.05, 4.69) is 48.0 Å². The molecule has 0 aliphatic carbocycles. The van der Waals surface area contributed by atoms with Gasteiger partial charge in [0.15, 0.2) is 0 Å². The van der Waals surface area contributed by atoms with Crippen LogP contribution >= 0.6 is 12.4 Å². The van der Waals surface area contributed by atoms with Crippen molar-refractivity contribution in [2.75, 3.05) is 13.1 Å². The Hall–Kier alpha value is -0.990. The number of halogens is 1. The third-order valence-electron chi connectivity index (χ3n) is 6.24. The number of fused-ring (bicyclic) bond motifs is 5. The summed E-state index contributed by atoms with van der Waals surface area (Å²) in [4.78, 5) is 6.63. The molecule has 23 heavy (non-hydrogen) atoms. The van der Waals surface area contributed by atoms with E-state index in [0.29, 0.717) is 0 Å². The van der Waals surface area contributed by atoms with Crippen LogP contribution in [0.5, 0.6) is 0 Å². The van der Waals surface area contributed by atoms with E-state index in [9.17, 15) is 0 Å². The highest BCUT2D eigenvalue weighted by Gasteiger charge is 2.46. The minimum Gasteiger partial charge on any atom is -0.357 e. The Labute approximate surface area is 146 Å². The summed E-state index contributed by atoms with van der Waals surface area (Å²) in [7, 11) is 0. The summed E-state index contributed by atoms with van der Waals surface area (Å²) in [5.74, 6) is 0.788. The fourth-order valence-corrected chi connectivity index (χ4v) is 5.12. The minimum atomic E-state index is 0. The van der Waals surface area contributed by atoms with Crippen molar-refractivity contribution in [1.82, 2.24) is 9.88 Å². The molecule has 4 rings (SSSR count). The number of aromatic nitrogens is 1. The van der Waals surface area contributed by atoms with E-state index in [0.717, 1.165) is 5.92 Å². The molecule has 0 radical (unpaired) electrons. The summed E-state index contributed by atoms with van der Waals surface area (Å²) in [6.45, 7) is 7.39. The van der Waals surface area contributed by atoms with Gasteiger partial charge in [-0.2, -0.15) is 0 Å². The van der Waals surface area contributed by atoms with Crippen LogP contribution in [0.1, 0.15) is 57.2 Å². The number of para-hydroxylation sites is 1. The fraction of sp³-hybridized carbons (Fsp3) is 0.600. The van der Waals surface area contributed by atoms with Gasteiger partial charge in [-0.05, 0) is 69.7 Å². The Balaban J connectivity index is 0.00000156. The molecule has 2 aliphatic heterocycles. The van der Waals surface area contributed by atoms with Crippen molar-refractivity contribution < 1.29 is 0 Å². The van der Waals surface area contributed by atoms with Crippen molar-refractivity contribution in [2.24, 2.45) is 5.92 Å². The van der Waals surface area contributed by atoms with Gasteiger partial charge in [-0.3, -0.25) is 4.90 Å². The summed E-state index contributed by atoms with van der Waals surface area (Å²) in [6.07, 6.45) is 7.92. The van der Waals surface area contributed by atoms with Gasteiger partial charge >= 0.3 is 0 Å². The van der Waals surface area contributed by atoms with Crippen LogP contribution in [0, 0.1) is 5.92 Å². The van der Waals surface area contributed by atoms with Gasteiger partial charge in [-0.25, -0.2) is 0 Å². The number of rotatable bonds is 2. The summed E-state index contributed by atoms with van der Waals surface area (Å²) < 4.78 is 0. The molecule has 3 heteroatoms. The predicted molar refractivity (Wildman–Crippen MR) is 100 cm³/mol. The maximum Gasteiger partial charge on any atom is 0.0614 e. The second-order valence-corrected chi connectivity index (χ2v) is 7.39. The first-order valence-electron chi connectivity index (χ1n) is 9.10. The minimum absolute atomic E-state index is 0. The van der Waals surface area contributed by atoms with E-state index < -0.39 is 0 Å². The molecule has 1 aromatic heterocycles. The molecule has 1 N–H and O–H groups in total. The zero-order valence-corrected chi connectivity index (χ0v) is 15.2. The zero-order chi connectivity index (χ0) is 15.2. The number of nitrogens with one attached hydrogen (secondary N) is 1. The van der Waals surface area contributed by atoms with Crippen molar-refractivity contribution in [1.29, 1.82) is 0 Å². The van der Waals surface area contributed by atoms with Crippen LogP contribution in [-0.2, 0) is 12.0 Å². The second-order valence-electron chi connectivity index (χ2n) is 7.39. The highest BCUT2D eigenvalue weighted by atomic mass is 35.5. The normalized spacial score (nSPS) is 27.8. The lowest BCUT2D eigenvalue weighted by Crippen LogP contribution is -2.53. The van der Waals surface area contributed by atoms with Crippen LogP contribution in [0.4, 0.5) is 0 Å². The van der Waals surface area contributed by atoms with E-state index in [4.69, 9.17) is 0 Å². The Bertz CT molecular complexity index is 675. The van der Waals surface area contributed by atoms with Crippen LogP contribution in [0.15, 0.2) is 24.3 Å². The van der Waals surface area contributed by atoms with Crippen LogP contribution in [0.25, 0.3) is 10.9 Å². The first kappa shape index (κ1) is 16.9. The van der Waals surface area contributed by atoms with Gasteiger partial charge in [0.2, 0.25) is 0 Å². The van der Waals surface area contributed by atoms with Gasteiger partial charge in [0.05, 0.1) is 5.54 Å². The molecule has 1 saturated heterocycles. The molecule has 0 spiro atoms. The number of benzene rings is 1. The van der Waals surface area contributed by atoms with E-state index in [1.165, 1.54) is 68.2 Å². The number of hydrogen-bond donors (Lipinski definition) is 1. The lowest BCUT2D eigenvalue weighted by atomic mass is 9.72. The summed E-state index contributed by atoms with van der Waals surface area (Å²) in [5, 5.41) is 1.46. The first-order chi connectivity index (χ1) is 10.7. The lowest BCUT2D eigenvalue weighted by Gasteiger charge is -2.49. The largest absolute Gasteiger partial charge is 0.357 e. The Morgan fingerprint density at radius 2 is 2.00 bits per heavy atom. The Kier molecular flexibility index (Phi) is 4.75. The smallest absolute Gasteiger partial charge is 0.0614 e. The van der Waals surface area contributed by atoms with Crippen LogP contribution < -0.4 is 0 Å². The average Bonchev–Trinajstić information content (AvgIpc) is 2.84. The van der Waals surface area contributed by atoms with Crippen LogP contribution in [0.2, 0.25) is 0 Å². The number of piperidine rings is 1. The Morgan fingerprint density at radius 3 is 2.83 bits per heavy atom. The van der Waals surface area contributed by atoms with E-state index in [1.807, 2.05) is 0 Å².